The van der Waals surface area contributed by atoms with Crippen molar-refractivity contribution in [2.45, 2.75) is 33.3 Å². The van der Waals surface area contributed by atoms with Crippen LogP contribution in [0.1, 0.15) is 37.8 Å². The van der Waals surface area contributed by atoms with Gasteiger partial charge in [-0.3, -0.25) is 4.79 Å². The van der Waals surface area contributed by atoms with Crippen LogP contribution in [0.2, 0.25) is 0 Å². The normalized spacial score (nSPS) is 16.6. The van der Waals surface area contributed by atoms with E-state index in [0.29, 0.717) is 16.8 Å². The number of hydrogen-bond acceptors (Lipinski definition) is 6. The number of aromatic nitrogens is 1. The van der Waals surface area contributed by atoms with Crippen LogP contribution in [0.15, 0.2) is 76.6 Å². The van der Waals surface area contributed by atoms with Gasteiger partial charge < -0.3 is 10.1 Å². The van der Waals surface area contributed by atoms with Gasteiger partial charge in [-0.25, -0.2) is 9.78 Å². The Labute approximate surface area is 179 Å². The van der Waals surface area contributed by atoms with Crippen LogP contribution in [0.25, 0.3) is 10.2 Å². The van der Waals surface area contributed by atoms with Gasteiger partial charge in [0.25, 0.3) is 0 Å². The van der Waals surface area contributed by atoms with Crippen LogP contribution in [0.4, 0.5) is 0 Å². The monoisotopic (exact) mass is 418 g/mol. The van der Waals surface area contributed by atoms with Crippen LogP contribution in [-0.2, 0) is 20.9 Å². The van der Waals surface area contributed by atoms with Crippen LogP contribution in [-0.4, -0.2) is 16.7 Å². The van der Waals surface area contributed by atoms with Crippen LogP contribution in [0.5, 0.6) is 0 Å². The molecule has 4 rings (SSSR count). The Bertz CT molecular complexity index is 1190. The first kappa shape index (κ1) is 20.0. The molecule has 1 aliphatic rings. The number of ketones is 1. The minimum atomic E-state index is -0.495. The number of nitrogens with one attached hydrogen (secondary N) is 1. The van der Waals surface area contributed by atoms with E-state index < -0.39 is 11.9 Å². The molecule has 2 aromatic heterocycles. The van der Waals surface area contributed by atoms with Gasteiger partial charge in [-0.2, -0.15) is 0 Å². The van der Waals surface area contributed by atoms with Gasteiger partial charge in [0, 0.05) is 34.5 Å². The summed E-state index contributed by atoms with van der Waals surface area (Å²) in [7, 11) is 0. The highest BCUT2D eigenvalue weighted by Gasteiger charge is 2.37. The molecular weight excluding hydrogens is 396 g/mol. The lowest BCUT2D eigenvalue weighted by atomic mass is 9.79. The number of Topliss-reactive ketones (excluding diaryl/α,β-unsaturated/α-hetero) is 1. The lowest BCUT2D eigenvalue weighted by Gasteiger charge is -2.30. The minimum Gasteiger partial charge on any atom is -0.457 e. The van der Waals surface area contributed by atoms with Crippen LogP contribution >= 0.6 is 11.3 Å². The number of dihydropyridines is 1. The number of hydrogen-bond donors (Lipinski definition) is 1. The van der Waals surface area contributed by atoms with E-state index in [2.05, 4.69) is 10.3 Å². The van der Waals surface area contributed by atoms with E-state index in [9.17, 15) is 9.59 Å². The molecule has 0 fully saturated rings. The average Bonchev–Trinajstić information content (AvgIpc) is 3.16. The van der Waals surface area contributed by atoms with Gasteiger partial charge in [-0.1, -0.05) is 36.4 Å². The quantitative estimate of drug-likeness (QED) is 0.599. The number of nitrogens with zero attached hydrogens (tertiary/aromatic N) is 1. The molecule has 3 heterocycles. The third-order valence-electron chi connectivity index (χ3n) is 5.26. The molecule has 6 heteroatoms. The molecule has 0 radical (unpaired) electrons. The fraction of sp³-hybridized carbons (Fsp3) is 0.208. The van der Waals surface area contributed by atoms with E-state index in [4.69, 9.17) is 4.74 Å². The predicted molar refractivity (Wildman–Crippen MR) is 118 cm³/mol. The van der Waals surface area contributed by atoms with Gasteiger partial charge in [0.15, 0.2) is 5.78 Å². The molecule has 1 unspecified atom stereocenters. The Kier molecular flexibility index (Phi) is 5.50. The third kappa shape index (κ3) is 3.66. The van der Waals surface area contributed by atoms with Crippen molar-refractivity contribution in [3.05, 3.63) is 87.7 Å². The Morgan fingerprint density at radius 2 is 1.80 bits per heavy atom. The lowest BCUT2D eigenvalue weighted by molar-refractivity contribution is -0.140. The summed E-state index contributed by atoms with van der Waals surface area (Å²) in [5, 5.41) is 6.14. The van der Waals surface area contributed by atoms with Crippen LogP contribution < -0.4 is 5.32 Å². The summed E-state index contributed by atoms with van der Waals surface area (Å²) in [6.07, 6.45) is 1.74. The van der Waals surface area contributed by atoms with E-state index in [0.717, 1.165) is 27.0 Å². The SMILES string of the molecule is CC(=O)C1=C(C)NC(C)=C(C(=O)OCc2ccccc2)C1c1csc2ncccc12. The molecule has 0 amide bonds. The molecular formula is C24H22N2O3S. The van der Waals surface area contributed by atoms with E-state index in [-0.39, 0.29) is 12.4 Å². The number of thiophene rings is 1. The zero-order chi connectivity index (χ0) is 21.3. The summed E-state index contributed by atoms with van der Waals surface area (Å²) in [5.41, 5.74) is 4.31. The largest absolute Gasteiger partial charge is 0.457 e. The molecule has 0 bridgehead atoms. The number of allylic oxidation sites excluding steroid dienone is 3. The fourth-order valence-electron chi connectivity index (χ4n) is 3.95. The van der Waals surface area contributed by atoms with Crippen LogP contribution in [0.3, 0.4) is 0 Å². The summed E-state index contributed by atoms with van der Waals surface area (Å²) in [5.74, 6) is -0.998. The highest BCUT2D eigenvalue weighted by molar-refractivity contribution is 7.16. The highest BCUT2D eigenvalue weighted by Crippen LogP contribution is 2.43. The standard InChI is InChI=1S/C24H22N2O3S/c1-14-20(16(3)27)22(19-13-30-23-18(19)10-7-11-25-23)21(15(2)26-14)24(28)29-12-17-8-5-4-6-9-17/h4-11,13,22,26H,12H2,1-3H3. The average molecular weight is 419 g/mol. The second kappa shape index (κ2) is 8.24. The maximum atomic E-state index is 13.2. The molecule has 30 heavy (non-hydrogen) atoms. The number of carbonyl (C=O) groups excluding carboxylic acids is 2. The van der Waals surface area contributed by atoms with Crippen molar-refractivity contribution in [2.24, 2.45) is 0 Å². The van der Waals surface area contributed by atoms with E-state index in [1.54, 1.807) is 6.20 Å². The van der Waals surface area contributed by atoms with Gasteiger partial charge in [0.1, 0.15) is 11.4 Å². The maximum absolute atomic E-state index is 13.2. The van der Waals surface area contributed by atoms with Crippen molar-refractivity contribution in [1.82, 2.24) is 10.3 Å². The molecule has 1 N–H and O–H groups in total. The zero-order valence-corrected chi connectivity index (χ0v) is 17.9. The fourth-order valence-corrected chi connectivity index (χ4v) is 4.89. The van der Waals surface area contributed by atoms with E-state index in [1.165, 1.54) is 18.3 Å². The number of esters is 1. The van der Waals surface area contributed by atoms with Crippen molar-refractivity contribution in [1.29, 1.82) is 0 Å². The molecule has 0 aliphatic carbocycles. The van der Waals surface area contributed by atoms with Crippen molar-refractivity contribution >= 4 is 33.3 Å². The number of rotatable bonds is 5. The van der Waals surface area contributed by atoms with Gasteiger partial charge in [-0.15, -0.1) is 11.3 Å². The molecule has 5 nitrogen and oxygen atoms in total. The number of ether oxygens (including phenoxy) is 1. The second-order valence-electron chi connectivity index (χ2n) is 7.30. The maximum Gasteiger partial charge on any atom is 0.337 e. The molecule has 152 valence electrons. The molecule has 3 aromatic rings. The first-order chi connectivity index (χ1) is 14.5. The Balaban J connectivity index is 1.77. The summed E-state index contributed by atoms with van der Waals surface area (Å²) in [4.78, 5) is 31.1. The highest BCUT2D eigenvalue weighted by atomic mass is 32.1. The smallest absolute Gasteiger partial charge is 0.337 e. The Morgan fingerprint density at radius 3 is 2.53 bits per heavy atom. The van der Waals surface area contributed by atoms with Crippen molar-refractivity contribution < 1.29 is 14.3 Å². The topological polar surface area (TPSA) is 68.3 Å². The van der Waals surface area contributed by atoms with Gasteiger partial charge >= 0.3 is 5.97 Å². The molecule has 0 spiro atoms. The Hall–Kier alpha value is -3.25. The molecule has 0 saturated carbocycles. The van der Waals surface area contributed by atoms with Crippen molar-refractivity contribution in [3.63, 3.8) is 0 Å². The Morgan fingerprint density at radius 1 is 1.07 bits per heavy atom. The first-order valence-electron chi connectivity index (χ1n) is 9.70. The molecule has 1 aliphatic heterocycles. The second-order valence-corrected chi connectivity index (χ2v) is 8.16. The number of carbonyl (C=O) groups is 2. The molecule has 0 saturated heterocycles. The first-order valence-corrected chi connectivity index (χ1v) is 10.6. The van der Waals surface area contributed by atoms with E-state index >= 15 is 0 Å². The summed E-state index contributed by atoms with van der Waals surface area (Å²) < 4.78 is 5.66. The predicted octanol–water partition coefficient (Wildman–Crippen LogP) is 4.86. The molecule has 1 aromatic carbocycles. The summed E-state index contributed by atoms with van der Waals surface area (Å²) >= 11 is 1.51. The third-order valence-corrected chi connectivity index (χ3v) is 6.18. The van der Waals surface area contributed by atoms with E-state index in [1.807, 2.05) is 61.7 Å². The summed E-state index contributed by atoms with van der Waals surface area (Å²) in [6, 6.07) is 13.4. The number of pyridine rings is 1. The summed E-state index contributed by atoms with van der Waals surface area (Å²) in [6.45, 7) is 5.42. The number of benzene rings is 1. The van der Waals surface area contributed by atoms with Gasteiger partial charge in [0.2, 0.25) is 0 Å². The number of fused-ring (bicyclic) bond motifs is 1. The lowest BCUT2D eigenvalue weighted by Crippen LogP contribution is -2.31. The van der Waals surface area contributed by atoms with Crippen LogP contribution in [0, 0.1) is 0 Å². The van der Waals surface area contributed by atoms with Gasteiger partial charge in [-0.05, 0) is 43.3 Å². The van der Waals surface area contributed by atoms with Crippen molar-refractivity contribution in [2.75, 3.05) is 0 Å². The van der Waals surface area contributed by atoms with Crippen molar-refractivity contribution in [3.8, 4) is 0 Å². The zero-order valence-electron chi connectivity index (χ0n) is 17.1. The van der Waals surface area contributed by atoms with Gasteiger partial charge in [0.05, 0.1) is 5.57 Å². The minimum absolute atomic E-state index is 0.0749. The molecule has 1 atom stereocenters.